The minimum Gasteiger partial charge on any atom is -0.503 e. The predicted molar refractivity (Wildman–Crippen MR) is 124 cm³/mol. The topological polar surface area (TPSA) is 70.5 Å². The van der Waals surface area contributed by atoms with Crippen molar-refractivity contribution in [3.63, 3.8) is 0 Å². The van der Waals surface area contributed by atoms with Gasteiger partial charge in [0.2, 0.25) is 5.78 Å². The number of aromatic nitrogens is 1. The maximum absolute atomic E-state index is 14.9. The van der Waals surface area contributed by atoms with Gasteiger partial charge in [0.1, 0.15) is 11.9 Å². The highest BCUT2D eigenvalue weighted by molar-refractivity contribution is 7.22. The molecule has 8 heteroatoms. The summed E-state index contributed by atoms with van der Waals surface area (Å²) in [5.41, 5.74) is 1.80. The van der Waals surface area contributed by atoms with Crippen LogP contribution in [0, 0.1) is 5.82 Å². The number of rotatable bonds is 5. The lowest BCUT2D eigenvalue weighted by Gasteiger charge is -2.24. The number of thiazole rings is 1. The molecule has 0 bridgehead atoms. The number of carbonyl (C=O) groups is 2. The maximum atomic E-state index is 14.9. The molecule has 160 valence electrons. The lowest BCUT2D eigenvalue weighted by molar-refractivity contribution is -0.117. The van der Waals surface area contributed by atoms with Crippen LogP contribution in [-0.4, -0.2) is 21.8 Å². The van der Waals surface area contributed by atoms with Crippen LogP contribution in [0.3, 0.4) is 0 Å². The van der Waals surface area contributed by atoms with Gasteiger partial charge >= 0.3 is 0 Å². The van der Waals surface area contributed by atoms with Gasteiger partial charge in [0.25, 0.3) is 5.91 Å². The van der Waals surface area contributed by atoms with Gasteiger partial charge in [-0.2, -0.15) is 0 Å². The Morgan fingerprint density at radius 2 is 2.00 bits per heavy atom. The highest BCUT2D eigenvalue weighted by atomic mass is 32.1. The Hall–Kier alpha value is -3.36. The number of Topliss-reactive ketones (excluding diaryl/α,β-unsaturated/α-hetero) is 1. The third-order valence-corrected chi connectivity index (χ3v) is 7.34. The van der Waals surface area contributed by atoms with Gasteiger partial charge < -0.3 is 5.11 Å². The number of nitrogens with zero attached hydrogens (tertiary/aromatic N) is 2. The van der Waals surface area contributed by atoms with Gasteiger partial charge in [-0.15, -0.1) is 11.3 Å². The average Bonchev–Trinajstić information content (AvgIpc) is 3.52. The van der Waals surface area contributed by atoms with Crippen molar-refractivity contribution in [2.45, 2.75) is 19.4 Å². The normalized spacial score (nSPS) is 16.4. The summed E-state index contributed by atoms with van der Waals surface area (Å²) in [6.07, 6.45) is 0.853. The molecule has 3 heterocycles. The summed E-state index contributed by atoms with van der Waals surface area (Å²) in [7, 11) is 0. The van der Waals surface area contributed by atoms with Gasteiger partial charge in [-0.1, -0.05) is 48.6 Å². The van der Waals surface area contributed by atoms with E-state index in [-0.39, 0.29) is 11.1 Å². The number of benzene rings is 2. The first-order valence-electron chi connectivity index (χ1n) is 9.98. The largest absolute Gasteiger partial charge is 0.503 e. The number of thiophene rings is 1. The first-order valence-corrected chi connectivity index (χ1v) is 11.7. The fourth-order valence-corrected chi connectivity index (χ4v) is 5.58. The fourth-order valence-electron chi connectivity index (χ4n) is 3.85. The zero-order valence-electron chi connectivity index (χ0n) is 16.9. The van der Waals surface area contributed by atoms with Gasteiger partial charge in [-0.3, -0.25) is 14.5 Å². The number of aryl methyl sites for hydroxylation is 1. The zero-order valence-corrected chi connectivity index (χ0v) is 18.5. The first kappa shape index (κ1) is 20.5. The van der Waals surface area contributed by atoms with Crippen LogP contribution < -0.4 is 4.90 Å². The molecule has 0 aliphatic carbocycles. The summed E-state index contributed by atoms with van der Waals surface area (Å²) in [6.45, 7) is 2.05. The molecular weight excluding hydrogens is 447 g/mol. The van der Waals surface area contributed by atoms with E-state index in [1.807, 2.05) is 25.1 Å². The Bertz CT molecular complexity index is 1390. The highest BCUT2D eigenvalue weighted by Gasteiger charge is 2.47. The number of halogens is 1. The third kappa shape index (κ3) is 3.23. The van der Waals surface area contributed by atoms with Gasteiger partial charge in [-0.05, 0) is 41.6 Å². The standard InChI is InChI=1S/C24H17FN2O3S2/c1-2-13-9-10-16-18(12-13)32-24(26-16)27-20(14-6-3-4-7-15(14)25)19(22(29)23(27)30)21(28)17-8-5-11-31-17/h3-12,20,29H,2H2,1H3/t20-/m0/s1. The van der Waals surface area contributed by atoms with Crippen molar-refractivity contribution in [3.05, 3.63) is 93.1 Å². The van der Waals surface area contributed by atoms with E-state index in [2.05, 4.69) is 4.98 Å². The molecule has 0 fully saturated rings. The van der Waals surface area contributed by atoms with Crippen molar-refractivity contribution in [2.24, 2.45) is 0 Å². The molecule has 5 rings (SSSR count). The number of carbonyl (C=O) groups excluding carboxylic acids is 2. The molecule has 1 aliphatic rings. The number of amides is 1. The molecule has 2 aromatic heterocycles. The smallest absolute Gasteiger partial charge is 0.296 e. The first-order chi connectivity index (χ1) is 15.5. The molecule has 4 aromatic rings. The van der Waals surface area contributed by atoms with E-state index >= 15 is 0 Å². The van der Waals surface area contributed by atoms with Crippen molar-refractivity contribution in [1.29, 1.82) is 0 Å². The summed E-state index contributed by atoms with van der Waals surface area (Å²) in [5.74, 6) is -2.52. The lowest BCUT2D eigenvalue weighted by Crippen LogP contribution is -2.31. The number of anilines is 1. The van der Waals surface area contributed by atoms with E-state index in [9.17, 15) is 19.1 Å². The Balaban J connectivity index is 1.69. The van der Waals surface area contributed by atoms with Crippen LogP contribution in [0.2, 0.25) is 0 Å². The van der Waals surface area contributed by atoms with Gasteiger partial charge in [0.05, 0.1) is 20.7 Å². The second-order valence-electron chi connectivity index (χ2n) is 7.32. The molecule has 0 unspecified atom stereocenters. The molecular formula is C24H17FN2O3S2. The van der Waals surface area contributed by atoms with Crippen LogP contribution in [0.4, 0.5) is 9.52 Å². The van der Waals surface area contributed by atoms with Crippen molar-refractivity contribution in [1.82, 2.24) is 4.98 Å². The van der Waals surface area contributed by atoms with Gasteiger partial charge in [0, 0.05) is 5.56 Å². The summed E-state index contributed by atoms with van der Waals surface area (Å²) < 4.78 is 15.8. The van der Waals surface area contributed by atoms with Crippen molar-refractivity contribution < 1.29 is 19.1 Å². The number of aliphatic hydroxyl groups is 1. The molecule has 5 nitrogen and oxygen atoms in total. The zero-order chi connectivity index (χ0) is 22.4. The Morgan fingerprint density at radius 3 is 2.72 bits per heavy atom. The second-order valence-corrected chi connectivity index (χ2v) is 9.28. The maximum Gasteiger partial charge on any atom is 0.296 e. The van der Waals surface area contributed by atoms with Crippen LogP contribution in [0.25, 0.3) is 10.2 Å². The summed E-state index contributed by atoms with van der Waals surface area (Å²) in [6, 6.07) is 14.0. The Morgan fingerprint density at radius 1 is 1.19 bits per heavy atom. The summed E-state index contributed by atoms with van der Waals surface area (Å²) in [4.78, 5) is 32.6. The molecule has 0 spiro atoms. The molecule has 1 amide bonds. The Kier molecular flexibility index (Phi) is 5.11. The molecule has 1 aliphatic heterocycles. The monoisotopic (exact) mass is 464 g/mol. The molecule has 32 heavy (non-hydrogen) atoms. The number of fused-ring (bicyclic) bond motifs is 1. The molecule has 0 radical (unpaired) electrons. The SMILES string of the molecule is CCc1ccc2nc(N3C(=O)C(O)=C(C(=O)c4cccs4)[C@@H]3c3ccccc3F)sc2c1. The predicted octanol–water partition coefficient (Wildman–Crippen LogP) is 5.84. The number of ketones is 1. The van der Waals surface area contributed by atoms with Crippen LogP contribution in [-0.2, 0) is 11.2 Å². The van der Waals surface area contributed by atoms with Crippen molar-refractivity contribution in [3.8, 4) is 0 Å². The minimum atomic E-state index is -1.12. The van der Waals surface area contributed by atoms with E-state index in [1.54, 1.807) is 23.6 Å². The molecule has 2 aromatic carbocycles. The van der Waals surface area contributed by atoms with Crippen LogP contribution in [0.15, 0.2) is 71.3 Å². The summed E-state index contributed by atoms with van der Waals surface area (Å²) >= 11 is 2.47. The van der Waals surface area contributed by atoms with E-state index in [1.165, 1.54) is 45.8 Å². The molecule has 1 atom stereocenters. The molecule has 1 N–H and O–H groups in total. The van der Waals surface area contributed by atoms with Gasteiger partial charge in [-0.25, -0.2) is 9.37 Å². The van der Waals surface area contributed by atoms with Crippen LogP contribution in [0.5, 0.6) is 0 Å². The van der Waals surface area contributed by atoms with E-state index in [0.29, 0.717) is 15.5 Å². The number of aliphatic hydroxyl groups excluding tert-OH is 1. The highest BCUT2D eigenvalue weighted by Crippen LogP contribution is 2.45. The number of hydrogen-bond acceptors (Lipinski definition) is 6. The van der Waals surface area contributed by atoms with Crippen molar-refractivity contribution >= 4 is 49.7 Å². The van der Waals surface area contributed by atoms with Crippen molar-refractivity contribution in [2.75, 3.05) is 4.90 Å². The quantitative estimate of drug-likeness (QED) is 0.377. The van der Waals surface area contributed by atoms with E-state index < -0.39 is 29.3 Å². The van der Waals surface area contributed by atoms with E-state index in [0.717, 1.165) is 16.7 Å². The third-order valence-electron chi connectivity index (χ3n) is 5.45. The van der Waals surface area contributed by atoms with E-state index in [4.69, 9.17) is 0 Å². The van der Waals surface area contributed by atoms with Crippen LogP contribution in [0.1, 0.15) is 33.8 Å². The number of hydrogen-bond donors (Lipinski definition) is 1. The molecule has 0 saturated heterocycles. The fraction of sp³-hybridized carbons (Fsp3) is 0.125. The minimum absolute atomic E-state index is 0.123. The molecule has 0 saturated carbocycles. The average molecular weight is 465 g/mol. The second kappa shape index (κ2) is 7.96. The Labute approximate surface area is 191 Å². The summed E-state index contributed by atoms with van der Waals surface area (Å²) in [5, 5.41) is 12.8. The van der Waals surface area contributed by atoms with Gasteiger partial charge in [0.15, 0.2) is 10.9 Å². The lowest BCUT2D eigenvalue weighted by atomic mass is 9.95. The van der Waals surface area contributed by atoms with Crippen LogP contribution >= 0.6 is 22.7 Å².